The molecule has 0 unspecified atom stereocenters. The second-order valence-electron chi connectivity index (χ2n) is 6.93. The number of hydrogen-bond donors (Lipinski definition) is 0. The first-order valence-electron chi connectivity index (χ1n) is 9.26. The maximum atomic E-state index is 5.52. The summed E-state index contributed by atoms with van der Waals surface area (Å²) in [6, 6.07) is 4.28. The number of methoxy groups -OCH3 is 3. The van der Waals surface area contributed by atoms with Gasteiger partial charge in [0.25, 0.3) is 0 Å². The second-order valence-corrected chi connectivity index (χ2v) is 6.93. The zero-order valence-electron chi connectivity index (χ0n) is 16.9. The van der Waals surface area contributed by atoms with E-state index in [0.717, 1.165) is 41.3 Å². The first-order chi connectivity index (χ1) is 13.6. The minimum absolute atomic E-state index is 0.122. The van der Waals surface area contributed by atoms with Crippen LogP contribution in [0.4, 0.5) is 5.82 Å². The lowest BCUT2D eigenvalue weighted by Gasteiger charge is -2.37. The minimum atomic E-state index is 0.122. The highest BCUT2D eigenvalue weighted by molar-refractivity contribution is 5.87. The SMILES string of the molecule is COCc1nc(N2CCc3cc(OC)c(OC)cc3[C@H]2C)c2cnn(C)c2n1. The van der Waals surface area contributed by atoms with E-state index in [1.54, 1.807) is 26.0 Å². The number of ether oxygens (including phenoxy) is 3. The summed E-state index contributed by atoms with van der Waals surface area (Å²) in [5.74, 6) is 3.04. The molecule has 28 heavy (non-hydrogen) atoms. The lowest BCUT2D eigenvalue weighted by Crippen LogP contribution is -2.35. The molecule has 1 aromatic carbocycles. The summed E-state index contributed by atoms with van der Waals surface area (Å²) < 4.78 is 18.0. The summed E-state index contributed by atoms with van der Waals surface area (Å²) in [6.07, 6.45) is 2.73. The largest absolute Gasteiger partial charge is 0.493 e. The first kappa shape index (κ1) is 18.5. The summed E-state index contributed by atoms with van der Waals surface area (Å²) in [5.41, 5.74) is 3.30. The van der Waals surface area contributed by atoms with Crippen LogP contribution in [0.2, 0.25) is 0 Å². The number of hydrogen-bond acceptors (Lipinski definition) is 7. The van der Waals surface area contributed by atoms with Gasteiger partial charge < -0.3 is 19.1 Å². The van der Waals surface area contributed by atoms with Crippen molar-refractivity contribution in [2.24, 2.45) is 7.05 Å². The topological polar surface area (TPSA) is 74.5 Å². The Labute approximate surface area is 164 Å². The number of fused-ring (bicyclic) bond motifs is 2. The van der Waals surface area contributed by atoms with Crippen molar-refractivity contribution in [3.8, 4) is 11.5 Å². The van der Waals surface area contributed by atoms with Gasteiger partial charge in [0.2, 0.25) is 0 Å². The van der Waals surface area contributed by atoms with Gasteiger partial charge in [0, 0.05) is 20.7 Å². The van der Waals surface area contributed by atoms with Gasteiger partial charge in [0.15, 0.2) is 23.0 Å². The molecule has 0 spiro atoms. The average molecular weight is 383 g/mol. The fourth-order valence-electron chi connectivity index (χ4n) is 3.90. The number of aromatic nitrogens is 4. The Hall–Kier alpha value is -2.87. The van der Waals surface area contributed by atoms with Crippen LogP contribution < -0.4 is 14.4 Å². The predicted molar refractivity (Wildman–Crippen MR) is 106 cm³/mol. The monoisotopic (exact) mass is 383 g/mol. The summed E-state index contributed by atoms with van der Waals surface area (Å²) in [6.45, 7) is 3.39. The van der Waals surface area contributed by atoms with Gasteiger partial charge in [-0.05, 0) is 36.6 Å². The molecule has 148 valence electrons. The van der Waals surface area contributed by atoms with Crippen molar-refractivity contribution in [2.45, 2.75) is 26.0 Å². The van der Waals surface area contributed by atoms with E-state index in [4.69, 9.17) is 19.2 Å². The summed E-state index contributed by atoms with van der Waals surface area (Å²) in [7, 11) is 6.87. The standard InChI is InChI=1S/C20H25N5O3/c1-12-14-9-17(28-5)16(27-4)8-13(14)6-7-25(12)20-15-10-21-24(2)19(15)22-18(23-20)11-26-3/h8-10,12H,6-7,11H2,1-5H3/t12-/m1/s1. The molecule has 2 aromatic heterocycles. The van der Waals surface area contributed by atoms with Crippen LogP contribution in [0.15, 0.2) is 18.3 Å². The molecule has 8 heteroatoms. The molecule has 4 rings (SSSR count). The fraction of sp³-hybridized carbons (Fsp3) is 0.450. The van der Waals surface area contributed by atoms with Gasteiger partial charge in [-0.2, -0.15) is 5.10 Å². The quantitative estimate of drug-likeness (QED) is 0.670. The Balaban J connectivity index is 1.81. The minimum Gasteiger partial charge on any atom is -0.493 e. The van der Waals surface area contributed by atoms with Crippen LogP contribution in [-0.4, -0.2) is 47.6 Å². The molecule has 0 radical (unpaired) electrons. The number of rotatable bonds is 5. The van der Waals surface area contributed by atoms with E-state index in [0.29, 0.717) is 12.4 Å². The maximum absolute atomic E-state index is 5.52. The lowest BCUT2D eigenvalue weighted by atomic mass is 9.92. The van der Waals surface area contributed by atoms with Gasteiger partial charge in [-0.1, -0.05) is 0 Å². The number of anilines is 1. The van der Waals surface area contributed by atoms with E-state index < -0.39 is 0 Å². The first-order valence-corrected chi connectivity index (χ1v) is 9.26. The van der Waals surface area contributed by atoms with Gasteiger partial charge in [0.1, 0.15) is 12.4 Å². The van der Waals surface area contributed by atoms with Crippen molar-refractivity contribution in [2.75, 3.05) is 32.8 Å². The Kier molecular flexibility index (Phi) is 4.80. The molecule has 1 aliphatic rings. The van der Waals surface area contributed by atoms with Gasteiger partial charge in [-0.15, -0.1) is 0 Å². The molecule has 3 heterocycles. The summed E-state index contributed by atoms with van der Waals surface area (Å²) in [5, 5.41) is 5.32. The molecule has 3 aromatic rings. The van der Waals surface area contributed by atoms with Gasteiger partial charge in [-0.25, -0.2) is 9.97 Å². The van der Waals surface area contributed by atoms with Crippen molar-refractivity contribution in [1.29, 1.82) is 0 Å². The van der Waals surface area contributed by atoms with Gasteiger partial charge in [0.05, 0.1) is 31.8 Å². The Morgan fingerprint density at radius 1 is 1.11 bits per heavy atom. The third-order valence-electron chi connectivity index (χ3n) is 5.35. The Morgan fingerprint density at radius 3 is 2.57 bits per heavy atom. The van der Waals surface area contributed by atoms with Crippen LogP contribution in [0.25, 0.3) is 11.0 Å². The van der Waals surface area contributed by atoms with Crippen LogP contribution in [0, 0.1) is 0 Å². The third-order valence-corrected chi connectivity index (χ3v) is 5.35. The van der Waals surface area contributed by atoms with Gasteiger partial charge >= 0.3 is 0 Å². The van der Waals surface area contributed by atoms with Crippen molar-refractivity contribution in [3.05, 3.63) is 35.3 Å². The van der Waals surface area contributed by atoms with Crippen molar-refractivity contribution < 1.29 is 14.2 Å². The highest BCUT2D eigenvalue weighted by Gasteiger charge is 2.29. The summed E-state index contributed by atoms with van der Waals surface area (Å²) in [4.78, 5) is 11.7. The highest BCUT2D eigenvalue weighted by atomic mass is 16.5. The molecule has 1 atom stereocenters. The zero-order valence-corrected chi connectivity index (χ0v) is 16.9. The molecular formula is C20H25N5O3. The van der Waals surface area contributed by atoms with Crippen molar-refractivity contribution in [1.82, 2.24) is 19.7 Å². The normalized spacial score (nSPS) is 16.3. The molecule has 0 aliphatic carbocycles. The van der Waals surface area contributed by atoms with E-state index >= 15 is 0 Å². The second kappa shape index (κ2) is 7.27. The molecule has 8 nitrogen and oxygen atoms in total. The molecule has 0 bridgehead atoms. The van der Waals surface area contributed by atoms with Crippen LogP contribution in [-0.2, 0) is 24.8 Å². The Morgan fingerprint density at radius 2 is 1.86 bits per heavy atom. The van der Waals surface area contributed by atoms with E-state index in [-0.39, 0.29) is 6.04 Å². The maximum Gasteiger partial charge on any atom is 0.163 e. The van der Waals surface area contributed by atoms with E-state index in [2.05, 4.69) is 34.0 Å². The molecule has 0 saturated carbocycles. The smallest absolute Gasteiger partial charge is 0.163 e. The summed E-state index contributed by atoms with van der Waals surface area (Å²) >= 11 is 0. The van der Waals surface area contributed by atoms with Crippen LogP contribution in [0.3, 0.4) is 0 Å². The van der Waals surface area contributed by atoms with Crippen molar-refractivity contribution in [3.63, 3.8) is 0 Å². The van der Waals surface area contributed by atoms with E-state index in [1.807, 2.05) is 13.2 Å². The molecule has 0 saturated heterocycles. The molecule has 0 amide bonds. The lowest BCUT2D eigenvalue weighted by molar-refractivity contribution is 0.178. The van der Waals surface area contributed by atoms with Crippen LogP contribution >= 0.6 is 0 Å². The van der Waals surface area contributed by atoms with E-state index in [1.165, 1.54) is 11.1 Å². The predicted octanol–water partition coefficient (Wildman–Crippen LogP) is 2.65. The van der Waals surface area contributed by atoms with Crippen LogP contribution in [0.5, 0.6) is 11.5 Å². The van der Waals surface area contributed by atoms with Gasteiger partial charge in [-0.3, -0.25) is 4.68 Å². The van der Waals surface area contributed by atoms with E-state index in [9.17, 15) is 0 Å². The highest BCUT2D eigenvalue weighted by Crippen LogP contribution is 2.40. The Bertz CT molecular complexity index is 1020. The third kappa shape index (κ3) is 2.93. The number of nitrogens with zero attached hydrogens (tertiary/aromatic N) is 5. The number of aryl methyl sites for hydroxylation is 1. The molecule has 1 aliphatic heterocycles. The number of benzene rings is 1. The van der Waals surface area contributed by atoms with Crippen molar-refractivity contribution >= 4 is 16.9 Å². The molecule has 0 fully saturated rings. The fourth-order valence-corrected chi connectivity index (χ4v) is 3.90. The molecular weight excluding hydrogens is 358 g/mol. The zero-order chi connectivity index (χ0) is 19.8. The average Bonchev–Trinajstić information content (AvgIpc) is 3.08. The molecule has 0 N–H and O–H groups in total. The van der Waals surface area contributed by atoms with Crippen LogP contribution in [0.1, 0.15) is 29.9 Å².